The smallest absolute Gasteiger partial charge is 0.231 e. The summed E-state index contributed by atoms with van der Waals surface area (Å²) in [5.74, 6) is 2.64. The van der Waals surface area contributed by atoms with E-state index in [0.29, 0.717) is 6.79 Å². The summed E-state index contributed by atoms with van der Waals surface area (Å²) < 4.78 is 10.7. The van der Waals surface area contributed by atoms with Gasteiger partial charge in [0.05, 0.1) is 0 Å². The van der Waals surface area contributed by atoms with Crippen LogP contribution in [-0.2, 0) is 6.42 Å². The van der Waals surface area contributed by atoms with E-state index < -0.39 is 0 Å². The molecule has 0 unspecified atom stereocenters. The Balaban J connectivity index is 0.00000200. The van der Waals surface area contributed by atoms with Gasteiger partial charge >= 0.3 is 0 Å². The lowest BCUT2D eigenvalue weighted by atomic mass is 10.1. The van der Waals surface area contributed by atoms with Gasteiger partial charge in [-0.2, -0.15) is 0 Å². The molecule has 0 saturated heterocycles. The molecule has 6 heteroatoms. The van der Waals surface area contributed by atoms with Crippen LogP contribution in [0.15, 0.2) is 23.2 Å². The molecule has 0 saturated carbocycles. The Kier molecular flexibility index (Phi) is 6.38. The van der Waals surface area contributed by atoms with Gasteiger partial charge in [-0.05, 0) is 24.1 Å². The van der Waals surface area contributed by atoms with Crippen molar-refractivity contribution in [3.8, 4) is 11.5 Å². The third-order valence-electron chi connectivity index (χ3n) is 2.89. The van der Waals surface area contributed by atoms with Crippen molar-refractivity contribution in [1.29, 1.82) is 0 Å². The Hall–Kier alpha value is -1.18. The first-order valence-electron chi connectivity index (χ1n) is 6.35. The first kappa shape index (κ1) is 16.9. The quantitative estimate of drug-likeness (QED) is 0.449. The Labute approximate surface area is 137 Å². The molecular weight excluding hydrogens is 369 g/mol. The van der Waals surface area contributed by atoms with Gasteiger partial charge in [0, 0.05) is 34.7 Å². The largest absolute Gasteiger partial charge is 0.454 e. The first-order chi connectivity index (χ1) is 9.08. The monoisotopic (exact) mass is 391 g/mol. The SMILES string of the molecule is CN(C)C(=NCCc1ccc2c(c1)OCO2)N(C)C.I. The van der Waals surface area contributed by atoms with E-state index in [1.165, 1.54) is 5.56 Å². The molecule has 5 nitrogen and oxygen atoms in total. The highest BCUT2D eigenvalue weighted by Crippen LogP contribution is 2.32. The van der Waals surface area contributed by atoms with Crippen LogP contribution >= 0.6 is 24.0 Å². The summed E-state index contributed by atoms with van der Waals surface area (Å²) in [4.78, 5) is 8.64. The molecule has 0 fully saturated rings. The Bertz CT molecular complexity index is 465. The second-order valence-electron chi connectivity index (χ2n) is 4.91. The van der Waals surface area contributed by atoms with Gasteiger partial charge in [-0.25, -0.2) is 0 Å². The molecule has 0 N–H and O–H groups in total. The van der Waals surface area contributed by atoms with Crippen LogP contribution in [0, 0.1) is 0 Å². The molecule has 1 aromatic rings. The zero-order chi connectivity index (χ0) is 13.8. The number of nitrogens with zero attached hydrogens (tertiary/aromatic N) is 3. The summed E-state index contributed by atoms with van der Waals surface area (Å²) in [6.07, 6.45) is 0.891. The van der Waals surface area contributed by atoms with Crippen molar-refractivity contribution >= 4 is 29.9 Å². The molecule has 0 atom stereocenters. The van der Waals surface area contributed by atoms with Gasteiger partial charge in [-0.15, -0.1) is 24.0 Å². The molecule has 1 aliphatic heterocycles. The average Bonchev–Trinajstić information content (AvgIpc) is 2.80. The summed E-state index contributed by atoms with van der Waals surface area (Å²) in [6.45, 7) is 1.08. The minimum Gasteiger partial charge on any atom is -0.454 e. The number of ether oxygens (including phenoxy) is 2. The number of halogens is 1. The maximum atomic E-state index is 5.37. The zero-order valence-electron chi connectivity index (χ0n) is 12.4. The number of hydrogen-bond acceptors (Lipinski definition) is 3. The zero-order valence-corrected chi connectivity index (χ0v) is 14.8. The van der Waals surface area contributed by atoms with Crippen LogP contribution in [0.5, 0.6) is 11.5 Å². The first-order valence-corrected chi connectivity index (χ1v) is 6.35. The molecule has 1 aliphatic rings. The van der Waals surface area contributed by atoms with Crippen molar-refractivity contribution < 1.29 is 9.47 Å². The number of rotatable bonds is 3. The van der Waals surface area contributed by atoms with Crippen molar-refractivity contribution in [2.75, 3.05) is 41.5 Å². The van der Waals surface area contributed by atoms with Gasteiger partial charge in [-0.1, -0.05) is 6.07 Å². The molecule has 1 heterocycles. The third-order valence-corrected chi connectivity index (χ3v) is 2.89. The van der Waals surface area contributed by atoms with E-state index in [-0.39, 0.29) is 24.0 Å². The fourth-order valence-corrected chi connectivity index (χ4v) is 2.06. The molecule has 2 rings (SSSR count). The molecule has 0 aliphatic carbocycles. The van der Waals surface area contributed by atoms with Crippen LogP contribution in [0.25, 0.3) is 0 Å². The predicted molar refractivity (Wildman–Crippen MR) is 91.4 cm³/mol. The molecule has 20 heavy (non-hydrogen) atoms. The molecule has 1 aromatic carbocycles. The second kappa shape index (κ2) is 7.56. The molecular formula is C14H22IN3O2. The lowest BCUT2D eigenvalue weighted by Crippen LogP contribution is -2.35. The van der Waals surface area contributed by atoms with Gasteiger partial charge in [0.25, 0.3) is 0 Å². The Morgan fingerprint density at radius 1 is 1.10 bits per heavy atom. The average molecular weight is 391 g/mol. The van der Waals surface area contributed by atoms with Crippen molar-refractivity contribution in [2.45, 2.75) is 6.42 Å². The second-order valence-corrected chi connectivity index (χ2v) is 4.91. The highest BCUT2D eigenvalue weighted by atomic mass is 127. The summed E-state index contributed by atoms with van der Waals surface area (Å²) in [6, 6.07) is 6.05. The van der Waals surface area contributed by atoms with E-state index in [4.69, 9.17) is 9.47 Å². The fraction of sp³-hybridized carbons (Fsp3) is 0.500. The van der Waals surface area contributed by atoms with E-state index in [2.05, 4.69) is 11.1 Å². The van der Waals surface area contributed by atoms with E-state index >= 15 is 0 Å². The third kappa shape index (κ3) is 4.16. The van der Waals surface area contributed by atoms with E-state index in [9.17, 15) is 0 Å². The highest BCUT2D eigenvalue weighted by Gasteiger charge is 2.12. The molecule has 112 valence electrons. The van der Waals surface area contributed by atoms with Gasteiger partial charge in [0.2, 0.25) is 6.79 Å². The van der Waals surface area contributed by atoms with Crippen LogP contribution in [0.1, 0.15) is 5.56 Å². The van der Waals surface area contributed by atoms with Gasteiger partial charge in [0.1, 0.15) is 0 Å². The maximum Gasteiger partial charge on any atom is 0.231 e. The normalized spacial score (nSPS) is 11.6. The summed E-state index contributed by atoms with van der Waals surface area (Å²) in [5.41, 5.74) is 1.21. The van der Waals surface area contributed by atoms with E-state index in [0.717, 1.165) is 30.4 Å². The fourth-order valence-electron chi connectivity index (χ4n) is 2.06. The van der Waals surface area contributed by atoms with E-state index in [1.54, 1.807) is 0 Å². The lowest BCUT2D eigenvalue weighted by molar-refractivity contribution is 0.174. The maximum absolute atomic E-state index is 5.37. The van der Waals surface area contributed by atoms with Gasteiger partial charge in [0.15, 0.2) is 17.5 Å². The minimum atomic E-state index is 0. The summed E-state index contributed by atoms with van der Waals surface area (Å²) >= 11 is 0. The number of fused-ring (bicyclic) bond motifs is 1. The Morgan fingerprint density at radius 3 is 2.40 bits per heavy atom. The van der Waals surface area contributed by atoms with Crippen LogP contribution in [0.4, 0.5) is 0 Å². The molecule has 0 radical (unpaired) electrons. The van der Waals surface area contributed by atoms with Crippen LogP contribution in [0.3, 0.4) is 0 Å². The van der Waals surface area contributed by atoms with E-state index in [1.807, 2.05) is 50.1 Å². The van der Waals surface area contributed by atoms with Crippen molar-refractivity contribution in [2.24, 2.45) is 4.99 Å². The molecule has 0 bridgehead atoms. The summed E-state index contributed by atoms with van der Waals surface area (Å²) in [7, 11) is 8.00. The minimum absolute atomic E-state index is 0. The van der Waals surface area contributed by atoms with Crippen LogP contribution in [0.2, 0.25) is 0 Å². The molecule has 0 amide bonds. The summed E-state index contributed by atoms with van der Waals surface area (Å²) in [5, 5.41) is 0. The Morgan fingerprint density at radius 2 is 1.75 bits per heavy atom. The van der Waals surface area contributed by atoms with Crippen molar-refractivity contribution in [3.63, 3.8) is 0 Å². The highest BCUT2D eigenvalue weighted by molar-refractivity contribution is 14.0. The number of guanidine groups is 1. The molecule has 0 aromatic heterocycles. The number of benzene rings is 1. The topological polar surface area (TPSA) is 37.3 Å². The van der Waals surface area contributed by atoms with Crippen molar-refractivity contribution in [3.05, 3.63) is 23.8 Å². The standard InChI is InChI=1S/C14H21N3O2.HI/c1-16(2)14(17(3)4)15-8-7-11-5-6-12-13(9-11)19-10-18-12;/h5-6,9H,7-8,10H2,1-4H3;1H. The van der Waals surface area contributed by atoms with Gasteiger partial charge in [-0.3, -0.25) is 4.99 Å². The predicted octanol–water partition coefficient (Wildman–Crippen LogP) is 2.06. The van der Waals surface area contributed by atoms with Crippen LogP contribution < -0.4 is 9.47 Å². The number of aliphatic imine (C=N–C) groups is 1. The van der Waals surface area contributed by atoms with Gasteiger partial charge < -0.3 is 19.3 Å². The number of hydrogen-bond donors (Lipinski definition) is 0. The van der Waals surface area contributed by atoms with Crippen molar-refractivity contribution in [1.82, 2.24) is 9.80 Å². The molecule has 0 spiro atoms. The van der Waals surface area contributed by atoms with Crippen LogP contribution in [-0.4, -0.2) is 57.3 Å². The lowest BCUT2D eigenvalue weighted by Gasteiger charge is -2.22.